The molecule has 7 heteroatoms. The van der Waals surface area contributed by atoms with Crippen molar-refractivity contribution in [1.29, 1.82) is 0 Å². The zero-order valence-corrected chi connectivity index (χ0v) is 18.4. The van der Waals surface area contributed by atoms with E-state index >= 15 is 0 Å². The number of anilines is 1. The summed E-state index contributed by atoms with van der Waals surface area (Å²) in [7, 11) is 0. The van der Waals surface area contributed by atoms with Gasteiger partial charge in [-0.15, -0.1) is 0 Å². The van der Waals surface area contributed by atoms with E-state index in [-0.39, 0.29) is 12.5 Å². The number of aliphatic hydroxyl groups excluding tert-OH is 1. The molecule has 1 unspecified atom stereocenters. The maximum Gasteiger partial charge on any atom is 0.253 e. The molecule has 1 aliphatic heterocycles. The molecule has 162 valence electrons. The number of nitrogens with one attached hydrogen (secondary N) is 1. The van der Waals surface area contributed by atoms with Crippen LogP contribution in [0.2, 0.25) is 5.02 Å². The van der Waals surface area contributed by atoms with E-state index in [1.54, 1.807) is 6.07 Å². The number of rotatable bonds is 6. The van der Waals surface area contributed by atoms with Crippen LogP contribution in [0.4, 0.5) is 5.82 Å². The lowest BCUT2D eigenvalue weighted by Crippen LogP contribution is -2.40. The Morgan fingerprint density at radius 2 is 2.13 bits per heavy atom. The number of aryl methyl sites for hydroxylation is 1. The summed E-state index contributed by atoms with van der Waals surface area (Å²) in [4.78, 5) is 24.2. The van der Waals surface area contributed by atoms with Crippen molar-refractivity contribution < 1.29 is 9.90 Å². The number of amides is 1. The predicted molar refractivity (Wildman–Crippen MR) is 124 cm³/mol. The van der Waals surface area contributed by atoms with Gasteiger partial charge in [0.05, 0.1) is 16.8 Å². The van der Waals surface area contributed by atoms with E-state index in [4.69, 9.17) is 11.6 Å². The van der Waals surface area contributed by atoms with Crippen LogP contribution >= 0.6 is 11.6 Å². The number of aromatic nitrogens is 2. The van der Waals surface area contributed by atoms with Crippen molar-refractivity contribution in [3.05, 3.63) is 64.4 Å². The molecule has 0 radical (unpaired) electrons. The minimum absolute atomic E-state index is 0.171. The van der Waals surface area contributed by atoms with Gasteiger partial charge in [-0.1, -0.05) is 17.7 Å². The Labute approximate surface area is 187 Å². The molecule has 0 aliphatic carbocycles. The standard InChI is InChI=1S/C24H27ClN4O2/c1-16-21(13-18-12-19(25)6-7-22(18)28-16)24(31)27-15-17-5-8-23(26-14-17)29-10-3-2-4-20(29)9-11-30/h5-8,12-14,20,30H,2-4,9-11,15H2,1H3,(H,27,31). The molecule has 6 nitrogen and oxygen atoms in total. The summed E-state index contributed by atoms with van der Waals surface area (Å²) in [5.74, 6) is 0.759. The quantitative estimate of drug-likeness (QED) is 0.601. The number of nitrogens with zero attached hydrogens (tertiary/aromatic N) is 3. The Hall–Kier alpha value is -2.70. The second-order valence-corrected chi connectivity index (χ2v) is 8.46. The Balaban J connectivity index is 1.43. The minimum atomic E-state index is -0.171. The van der Waals surface area contributed by atoms with Crippen LogP contribution in [0.5, 0.6) is 0 Å². The van der Waals surface area contributed by atoms with Crippen molar-refractivity contribution in [1.82, 2.24) is 15.3 Å². The highest BCUT2D eigenvalue weighted by molar-refractivity contribution is 6.31. The smallest absolute Gasteiger partial charge is 0.253 e. The van der Waals surface area contributed by atoms with Gasteiger partial charge in [-0.05, 0) is 68.5 Å². The molecule has 0 spiro atoms. The predicted octanol–water partition coefficient (Wildman–Crippen LogP) is 4.26. The third-order valence-corrected chi connectivity index (χ3v) is 6.09. The summed E-state index contributed by atoms with van der Waals surface area (Å²) in [5, 5.41) is 13.8. The Kier molecular flexibility index (Phi) is 6.68. The number of hydrogen-bond acceptors (Lipinski definition) is 5. The molecule has 2 aromatic heterocycles. The topological polar surface area (TPSA) is 78.4 Å². The summed E-state index contributed by atoms with van der Waals surface area (Å²) in [6, 6.07) is 11.6. The van der Waals surface area contributed by atoms with Crippen LogP contribution in [0.15, 0.2) is 42.6 Å². The summed E-state index contributed by atoms with van der Waals surface area (Å²) < 4.78 is 0. The second kappa shape index (κ2) is 9.62. The average molecular weight is 439 g/mol. The maximum absolute atomic E-state index is 12.8. The van der Waals surface area contributed by atoms with Crippen molar-refractivity contribution in [2.45, 2.75) is 45.2 Å². The van der Waals surface area contributed by atoms with Gasteiger partial charge in [0, 0.05) is 42.3 Å². The number of carbonyl (C=O) groups is 1. The van der Waals surface area contributed by atoms with Crippen molar-refractivity contribution >= 4 is 34.2 Å². The lowest BCUT2D eigenvalue weighted by Gasteiger charge is -2.36. The second-order valence-electron chi connectivity index (χ2n) is 8.02. The number of fused-ring (bicyclic) bond motifs is 1. The van der Waals surface area contributed by atoms with Crippen molar-refractivity contribution in [2.24, 2.45) is 0 Å². The molecule has 0 saturated carbocycles. The van der Waals surface area contributed by atoms with Gasteiger partial charge in [0.15, 0.2) is 0 Å². The minimum Gasteiger partial charge on any atom is -0.396 e. The molecule has 4 rings (SSSR count). The molecule has 1 saturated heterocycles. The highest BCUT2D eigenvalue weighted by Crippen LogP contribution is 2.25. The molecule has 31 heavy (non-hydrogen) atoms. The number of aliphatic hydroxyl groups is 1. The van der Waals surface area contributed by atoms with Gasteiger partial charge < -0.3 is 15.3 Å². The first-order chi connectivity index (χ1) is 15.0. The largest absolute Gasteiger partial charge is 0.396 e. The summed E-state index contributed by atoms with van der Waals surface area (Å²) in [6.07, 6.45) is 6.01. The van der Waals surface area contributed by atoms with Gasteiger partial charge in [0.2, 0.25) is 0 Å². The van der Waals surface area contributed by atoms with E-state index in [0.29, 0.717) is 28.9 Å². The summed E-state index contributed by atoms with van der Waals surface area (Å²) >= 11 is 6.08. The highest BCUT2D eigenvalue weighted by atomic mass is 35.5. The van der Waals surface area contributed by atoms with E-state index in [1.807, 2.05) is 43.5 Å². The maximum atomic E-state index is 12.8. The Bertz CT molecular complexity index is 1070. The molecule has 0 bridgehead atoms. The Morgan fingerprint density at radius 3 is 2.90 bits per heavy atom. The fraction of sp³-hybridized carbons (Fsp3) is 0.375. The monoisotopic (exact) mass is 438 g/mol. The number of pyridine rings is 2. The summed E-state index contributed by atoms with van der Waals surface area (Å²) in [5.41, 5.74) is 2.97. The van der Waals surface area contributed by atoms with Gasteiger partial charge >= 0.3 is 0 Å². The third kappa shape index (κ3) is 4.97. The Morgan fingerprint density at radius 1 is 1.26 bits per heavy atom. The van der Waals surface area contributed by atoms with Crippen molar-refractivity contribution in [3.63, 3.8) is 0 Å². The van der Waals surface area contributed by atoms with Crippen LogP contribution in [-0.4, -0.2) is 40.2 Å². The van der Waals surface area contributed by atoms with Crippen LogP contribution in [0.25, 0.3) is 10.9 Å². The number of halogens is 1. The SMILES string of the molecule is Cc1nc2ccc(Cl)cc2cc1C(=O)NCc1ccc(N2CCCCC2CCO)nc1. The van der Waals surface area contributed by atoms with Crippen LogP contribution < -0.4 is 10.2 Å². The number of benzene rings is 1. The van der Waals surface area contributed by atoms with Crippen LogP contribution in [0.3, 0.4) is 0 Å². The van der Waals surface area contributed by atoms with E-state index in [2.05, 4.69) is 20.2 Å². The van der Waals surface area contributed by atoms with Crippen molar-refractivity contribution in [3.8, 4) is 0 Å². The van der Waals surface area contributed by atoms with E-state index in [9.17, 15) is 9.90 Å². The van der Waals surface area contributed by atoms with Crippen LogP contribution in [0, 0.1) is 6.92 Å². The van der Waals surface area contributed by atoms with Crippen LogP contribution in [0.1, 0.15) is 47.3 Å². The molecule has 1 aromatic carbocycles. The van der Waals surface area contributed by atoms with Gasteiger partial charge in [-0.25, -0.2) is 4.98 Å². The van der Waals surface area contributed by atoms with E-state index in [0.717, 1.165) is 48.1 Å². The first kappa shape index (κ1) is 21.5. The molecular formula is C24H27ClN4O2. The first-order valence-electron chi connectivity index (χ1n) is 10.7. The van der Waals surface area contributed by atoms with E-state index in [1.165, 1.54) is 6.42 Å². The normalized spacial score (nSPS) is 16.5. The highest BCUT2D eigenvalue weighted by Gasteiger charge is 2.23. The van der Waals surface area contributed by atoms with Crippen LogP contribution in [-0.2, 0) is 6.54 Å². The first-order valence-corrected chi connectivity index (χ1v) is 11.1. The van der Waals surface area contributed by atoms with Gasteiger partial charge in [0.25, 0.3) is 5.91 Å². The third-order valence-electron chi connectivity index (χ3n) is 5.86. The zero-order chi connectivity index (χ0) is 21.8. The fourth-order valence-electron chi connectivity index (χ4n) is 4.19. The lowest BCUT2D eigenvalue weighted by atomic mass is 9.99. The zero-order valence-electron chi connectivity index (χ0n) is 17.6. The number of hydrogen-bond donors (Lipinski definition) is 2. The lowest BCUT2D eigenvalue weighted by molar-refractivity contribution is 0.0950. The molecule has 3 heterocycles. The fourth-order valence-corrected chi connectivity index (χ4v) is 4.37. The molecule has 3 aromatic rings. The molecule has 1 aliphatic rings. The molecule has 1 amide bonds. The van der Waals surface area contributed by atoms with E-state index < -0.39 is 0 Å². The molecule has 2 N–H and O–H groups in total. The van der Waals surface area contributed by atoms with Crippen molar-refractivity contribution in [2.75, 3.05) is 18.1 Å². The molecular weight excluding hydrogens is 412 g/mol. The summed E-state index contributed by atoms with van der Waals surface area (Å²) in [6.45, 7) is 3.38. The molecule has 1 atom stereocenters. The number of piperidine rings is 1. The van der Waals surface area contributed by atoms with Gasteiger partial charge in [-0.3, -0.25) is 9.78 Å². The number of carbonyl (C=O) groups excluding carboxylic acids is 1. The van der Waals surface area contributed by atoms with Gasteiger partial charge in [-0.2, -0.15) is 0 Å². The molecule has 1 fully saturated rings. The average Bonchev–Trinajstić information content (AvgIpc) is 2.78. The van der Waals surface area contributed by atoms with Gasteiger partial charge in [0.1, 0.15) is 5.82 Å².